The van der Waals surface area contributed by atoms with Crippen LogP contribution in [0, 0.1) is 9.49 Å². The lowest BCUT2D eigenvalue weighted by Crippen LogP contribution is -2.18. The molecule has 0 bridgehead atoms. The van der Waals surface area contributed by atoms with E-state index in [4.69, 9.17) is 4.74 Å². The molecular formula is C13H16INO2. The normalized spacial score (nSPS) is 12.6. The number of rotatable bonds is 5. The Morgan fingerprint density at radius 2 is 2.29 bits per heavy atom. The smallest absolute Gasteiger partial charge is 0.314 e. The first-order valence-electron chi connectivity index (χ1n) is 5.63. The van der Waals surface area contributed by atoms with Gasteiger partial charge in [-0.3, -0.25) is 9.79 Å². The van der Waals surface area contributed by atoms with Crippen molar-refractivity contribution in [2.45, 2.75) is 20.3 Å². The third kappa shape index (κ3) is 4.85. The lowest BCUT2D eigenvalue weighted by Gasteiger charge is -2.07. The molecule has 0 spiro atoms. The molecule has 1 atom stereocenters. The third-order valence-corrected chi connectivity index (χ3v) is 2.91. The highest BCUT2D eigenvalue weighted by Crippen LogP contribution is 2.16. The molecule has 0 N–H and O–H groups in total. The number of hydrogen-bond acceptors (Lipinski definition) is 3. The molecule has 1 unspecified atom stereocenters. The predicted octanol–water partition coefficient (Wildman–Crippen LogP) is 3.58. The summed E-state index contributed by atoms with van der Waals surface area (Å²) < 4.78 is 6.10. The second-order valence-corrected chi connectivity index (χ2v) is 4.77. The maximum atomic E-state index is 11.5. The predicted molar refractivity (Wildman–Crippen MR) is 77.7 cm³/mol. The van der Waals surface area contributed by atoms with Crippen molar-refractivity contribution < 1.29 is 9.53 Å². The van der Waals surface area contributed by atoms with E-state index in [1.165, 1.54) is 0 Å². The number of benzene rings is 1. The number of hydrogen-bond donors (Lipinski definition) is 0. The number of carbonyl (C=O) groups is 1. The highest BCUT2D eigenvalue weighted by molar-refractivity contribution is 14.1. The summed E-state index contributed by atoms with van der Waals surface area (Å²) in [6.45, 7) is 4.16. The first-order valence-corrected chi connectivity index (χ1v) is 6.71. The first kappa shape index (κ1) is 14.2. The summed E-state index contributed by atoms with van der Waals surface area (Å²) in [5, 5.41) is 0. The van der Waals surface area contributed by atoms with E-state index in [1.807, 2.05) is 31.2 Å². The number of aliphatic imine (C=N–C) groups is 1. The molecule has 0 saturated heterocycles. The van der Waals surface area contributed by atoms with Crippen LogP contribution in [0.2, 0.25) is 0 Å². The summed E-state index contributed by atoms with van der Waals surface area (Å²) >= 11 is 2.23. The van der Waals surface area contributed by atoms with Crippen LogP contribution in [0.3, 0.4) is 0 Å². The second-order valence-electron chi connectivity index (χ2n) is 3.52. The molecule has 0 aliphatic rings. The molecule has 1 aromatic carbocycles. The van der Waals surface area contributed by atoms with Crippen molar-refractivity contribution in [2.24, 2.45) is 10.9 Å². The van der Waals surface area contributed by atoms with Crippen LogP contribution in [0.4, 0.5) is 5.69 Å². The van der Waals surface area contributed by atoms with E-state index in [0.717, 1.165) is 9.26 Å². The summed E-state index contributed by atoms with van der Waals surface area (Å²) in [4.78, 5) is 15.9. The average molecular weight is 345 g/mol. The zero-order chi connectivity index (χ0) is 12.7. The van der Waals surface area contributed by atoms with Crippen LogP contribution >= 0.6 is 22.6 Å². The monoisotopic (exact) mass is 345 g/mol. The van der Waals surface area contributed by atoms with Crippen LogP contribution in [-0.4, -0.2) is 18.8 Å². The van der Waals surface area contributed by atoms with Crippen LogP contribution in [0.15, 0.2) is 29.3 Å². The van der Waals surface area contributed by atoms with Crippen molar-refractivity contribution in [2.75, 3.05) is 6.61 Å². The van der Waals surface area contributed by atoms with Crippen LogP contribution in [-0.2, 0) is 9.53 Å². The first-order chi connectivity index (χ1) is 8.17. The zero-order valence-corrected chi connectivity index (χ0v) is 12.2. The Morgan fingerprint density at radius 3 is 2.88 bits per heavy atom. The molecule has 0 fully saturated rings. The molecule has 4 heteroatoms. The van der Waals surface area contributed by atoms with Crippen molar-refractivity contribution in [3.63, 3.8) is 0 Å². The minimum absolute atomic E-state index is 0.204. The molecule has 0 radical (unpaired) electrons. The maximum absolute atomic E-state index is 11.5. The molecule has 3 nitrogen and oxygen atoms in total. The number of carbonyl (C=O) groups excluding carboxylic acids is 1. The molecule has 17 heavy (non-hydrogen) atoms. The van der Waals surface area contributed by atoms with Crippen molar-refractivity contribution in [3.05, 3.63) is 27.8 Å². The molecule has 1 aromatic rings. The van der Waals surface area contributed by atoms with Gasteiger partial charge < -0.3 is 4.74 Å². The van der Waals surface area contributed by atoms with E-state index in [9.17, 15) is 4.79 Å². The van der Waals surface area contributed by atoms with E-state index in [2.05, 4.69) is 27.6 Å². The van der Waals surface area contributed by atoms with Crippen LogP contribution in [0.5, 0.6) is 0 Å². The molecule has 0 aliphatic carbocycles. The van der Waals surface area contributed by atoms with E-state index in [-0.39, 0.29) is 11.9 Å². The van der Waals surface area contributed by atoms with Crippen molar-refractivity contribution >= 4 is 40.5 Å². The van der Waals surface area contributed by atoms with Crippen molar-refractivity contribution in [3.8, 4) is 0 Å². The van der Waals surface area contributed by atoms with E-state index in [0.29, 0.717) is 13.0 Å². The Balaban J connectivity index is 2.70. The average Bonchev–Trinajstić information content (AvgIpc) is 2.30. The van der Waals surface area contributed by atoms with Crippen molar-refractivity contribution in [1.29, 1.82) is 0 Å². The molecule has 0 aliphatic heterocycles. The Kier molecular flexibility index (Phi) is 6.18. The second kappa shape index (κ2) is 7.42. The minimum atomic E-state index is -0.257. The largest absolute Gasteiger partial charge is 0.465 e. The molecule has 1 rings (SSSR count). The van der Waals surface area contributed by atoms with Gasteiger partial charge in [0, 0.05) is 9.78 Å². The Hall–Kier alpha value is -0.910. The quantitative estimate of drug-likeness (QED) is 0.465. The van der Waals surface area contributed by atoms with Gasteiger partial charge >= 0.3 is 5.97 Å². The standard InChI is InChI=1S/C13H16INO2/c1-3-10(13(16)17-4-2)9-15-12-7-5-6-11(14)8-12/h5-10H,3-4H2,1-2H3. The van der Waals surface area contributed by atoms with Gasteiger partial charge in [-0.15, -0.1) is 0 Å². The van der Waals surface area contributed by atoms with Gasteiger partial charge in [0.25, 0.3) is 0 Å². The van der Waals surface area contributed by atoms with Gasteiger partial charge in [0.15, 0.2) is 0 Å². The van der Waals surface area contributed by atoms with Crippen LogP contribution in [0.25, 0.3) is 0 Å². The number of ether oxygens (including phenoxy) is 1. The molecule has 0 heterocycles. The number of halogens is 1. The summed E-state index contributed by atoms with van der Waals surface area (Å²) in [5.74, 6) is -0.461. The highest BCUT2D eigenvalue weighted by atomic mass is 127. The SMILES string of the molecule is CCOC(=O)C(C=Nc1cccc(I)c1)CC. The fraction of sp³-hybridized carbons (Fsp3) is 0.385. The fourth-order valence-corrected chi connectivity index (χ4v) is 1.84. The number of nitrogens with zero attached hydrogens (tertiary/aromatic N) is 1. The fourth-order valence-electron chi connectivity index (χ4n) is 1.31. The summed E-state index contributed by atoms with van der Waals surface area (Å²) in [6, 6.07) is 7.83. The van der Waals surface area contributed by atoms with Gasteiger partial charge in [0.05, 0.1) is 18.2 Å². The van der Waals surface area contributed by atoms with Crippen molar-refractivity contribution in [1.82, 2.24) is 0 Å². The van der Waals surface area contributed by atoms with Gasteiger partial charge in [0.2, 0.25) is 0 Å². The molecular weight excluding hydrogens is 329 g/mol. The van der Waals surface area contributed by atoms with E-state index >= 15 is 0 Å². The minimum Gasteiger partial charge on any atom is -0.465 e. The topological polar surface area (TPSA) is 38.7 Å². The molecule has 0 amide bonds. The van der Waals surface area contributed by atoms with Gasteiger partial charge in [-0.05, 0) is 54.1 Å². The highest BCUT2D eigenvalue weighted by Gasteiger charge is 2.14. The summed E-state index contributed by atoms with van der Waals surface area (Å²) in [6.07, 6.45) is 2.37. The van der Waals surface area contributed by atoms with E-state index < -0.39 is 0 Å². The molecule has 0 saturated carbocycles. The van der Waals surface area contributed by atoms with Crippen LogP contribution < -0.4 is 0 Å². The maximum Gasteiger partial charge on any atom is 0.314 e. The van der Waals surface area contributed by atoms with Gasteiger partial charge in [-0.25, -0.2) is 0 Å². The summed E-state index contributed by atoms with van der Waals surface area (Å²) in [7, 11) is 0. The van der Waals surface area contributed by atoms with Crippen LogP contribution in [0.1, 0.15) is 20.3 Å². The number of esters is 1. The lowest BCUT2D eigenvalue weighted by molar-refractivity contribution is -0.145. The Morgan fingerprint density at radius 1 is 1.53 bits per heavy atom. The van der Waals surface area contributed by atoms with Gasteiger partial charge in [-0.2, -0.15) is 0 Å². The molecule has 92 valence electrons. The Bertz CT molecular complexity index is 404. The zero-order valence-electron chi connectivity index (χ0n) is 10.0. The Labute approximate surface area is 115 Å². The molecule has 0 aromatic heterocycles. The lowest BCUT2D eigenvalue weighted by atomic mass is 10.1. The van der Waals surface area contributed by atoms with Gasteiger partial charge in [0.1, 0.15) is 0 Å². The van der Waals surface area contributed by atoms with E-state index in [1.54, 1.807) is 13.1 Å². The summed E-state index contributed by atoms with van der Waals surface area (Å²) in [5.41, 5.74) is 0.861. The third-order valence-electron chi connectivity index (χ3n) is 2.24. The van der Waals surface area contributed by atoms with Gasteiger partial charge in [-0.1, -0.05) is 13.0 Å².